The summed E-state index contributed by atoms with van der Waals surface area (Å²) in [4.78, 5) is 2.28. The number of phenols is 1. The maximum atomic E-state index is 13.5. The molecule has 1 fully saturated rings. The summed E-state index contributed by atoms with van der Waals surface area (Å²) in [6.45, 7) is 0. The molecule has 0 atom stereocenters. The summed E-state index contributed by atoms with van der Waals surface area (Å²) in [5, 5.41) is 9.62. The lowest BCUT2D eigenvalue weighted by Gasteiger charge is -2.32. The molecule has 0 unspecified atom stereocenters. The van der Waals surface area contributed by atoms with Gasteiger partial charge < -0.3 is 10.0 Å². The zero-order valence-corrected chi connectivity index (χ0v) is 12.3. The van der Waals surface area contributed by atoms with Crippen LogP contribution < -0.4 is 0 Å². The van der Waals surface area contributed by atoms with Gasteiger partial charge in [0, 0.05) is 12.1 Å². The lowest BCUT2D eigenvalue weighted by atomic mass is 9.82. The van der Waals surface area contributed by atoms with E-state index in [1.807, 2.05) is 0 Å². The molecule has 2 nitrogen and oxygen atoms in total. The van der Waals surface area contributed by atoms with Crippen LogP contribution >= 0.6 is 11.6 Å². The molecule has 0 aliphatic heterocycles. The second-order valence-corrected chi connectivity index (χ2v) is 6.12. The van der Waals surface area contributed by atoms with Crippen molar-refractivity contribution in [2.45, 2.75) is 38.1 Å². The highest BCUT2D eigenvalue weighted by atomic mass is 35.5. The van der Waals surface area contributed by atoms with E-state index in [0.717, 1.165) is 30.9 Å². The predicted molar refractivity (Wildman–Crippen MR) is 76.2 cm³/mol. The Bertz CT molecular complexity index is 442. The first-order valence-corrected chi connectivity index (χ1v) is 7.18. The second-order valence-electron chi connectivity index (χ2n) is 5.74. The Morgan fingerprint density at radius 1 is 1.26 bits per heavy atom. The molecule has 1 N–H and O–H groups in total. The highest BCUT2D eigenvalue weighted by Gasteiger charge is 2.23. The average Bonchev–Trinajstić information content (AvgIpc) is 2.36. The number of hydrogen-bond donors (Lipinski definition) is 1. The normalized spacial score (nSPS) is 23.8. The summed E-state index contributed by atoms with van der Waals surface area (Å²) < 4.78 is 13.5. The Kier molecular flexibility index (Phi) is 4.69. The van der Waals surface area contributed by atoms with Gasteiger partial charge in [-0.25, -0.2) is 4.39 Å². The van der Waals surface area contributed by atoms with Crippen LogP contribution in [0, 0.1) is 11.7 Å². The largest absolute Gasteiger partial charge is 0.508 e. The predicted octanol–water partition coefficient (Wildman–Crippen LogP) is 3.85. The number of benzene rings is 1. The van der Waals surface area contributed by atoms with Gasteiger partial charge in [-0.3, -0.25) is 0 Å². The maximum Gasteiger partial charge on any atom is 0.145 e. The number of nitrogens with zero attached hydrogens (tertiary/aromatic N) is 1. The summed E-state index contributed by atoms with van der Waals surface area (Å²) in [6, 6.07) is 3.31. The van der Waals surface area contributed by atoms with Crippen LogP contribution in [-0.4, -0.2) is 30.1 Å². The number of hydrogen-bond acceptors (Lipinski definition) is 2. The maximum absolute atomic E-state index is 13.5. The first kappa shape index (κ1) is 14.6. The van der Waals surface area contributed by atoms with E-state index in [2.05, 4.69) is 19.0 Å². The van der Waals surface area contributed by atoms with E-state index in [1.54, 1.807) is 6.07 Å². The van der Waals surface area contributed by atoms with Crippen molar-refractivity contribution in [1.29, 1.82) is 0 Å². The van der Waals surface area contributed by atoms with Gasteiger partial charge in [-0.2, -0.15) is 0 Å². The lowest BCUT2D eigenvalue weighted by molar-refractivity contribution is 0.193. The Balaban J connectivity index is 2.00. The molecule has 2 rings (SSSR count). The van der Waals surface area contributed by atoms with Gasteiger partial charge in [0.05, 0.1) is 5.02 Å². The van der Waals surface area contributed by atoms with Gasteiger partial charge in [0.2, 0.25) is 0 Å². The quantitative estimate of drug-likeness (QED) is 0.912. The van der Waals surface area contributed by atoms with Gasteiger partial charge in [0.25, 0.3) is 0 Å². The Hall–Kier alpha value is -0.800. The van der Waals surface area contributed by atoms with Crippen molar-refractivity contribution in [3.63, 3.8) is 0 Å². The third-order valence-corrected chi connectivity index (χ3v) is 4.57. The van der Waals surface area contributed by atoms with Crippen LogP contribution in [0.3, 0.4) is 0 Å². The van der Waals surface area contributed by atoms with Crippen molar-refractivity contribution in [2.75, 3.05) is 14.1 Å². The summed E-state index contributed by atoms with van der Waals surface area (Å²) in [7, 11) is 4.24. The molecule has 1 aromatic rings. The van der Waals surface area contributed by atoms with Crippen molar-refractivity contribution in [3.8, 4) is 5.75 Å². The minimum absolute atomic E-state index is 0.0427. The van der Waals surface area contributed by atoms with E-state index in [0.29, 0.717) is 12.0 Å². The molecular weight excluding hydrogens is 265 g/mol. The molecule has 0 amide bonds. The summed E-state index contributed by atoms with van der Waals surface area (Å²) in [5.41, 5.74) is 0.729. The molecule has 0 aromatic heterocycles. The van der Waals surface area contributed by atoms with E-state index in [-0.39, 0.29) is 10.8 Å². The number of rotatable bonds is 3. The molecule has 0 spiro atoms. The van der Waals surface area contributed by atoms with Gasteiger partial charge in [0.15, 0.2) is 0 Å². The van der Waals surface area contributed by atoms with Crippen LogP contribution in [-0.2, 0) is 6.42 Å². The van der Waals surface area contributed by atoms with E-state index < -0.39 is 5.82 Å². The van der Waals surface area contributed by atoms with Crippen LogP contribution in [0.1, 0.15) is 31.2 Å². The second kappa shape index (κ2) is 6.10. The van der Waals surface area contributed by atoms with Crippen LogP contribution in [0.2, 0.25) is 5.02 Å². The average molecular weight is 286 g/mol. The minimum atomic E-state index is -0.529. The van der Waals surface area contributed by atoms with Crippen molar-refractivity contribution >= 4 is 11.6 Å². The lowest BCUT2D eigenvalue weighted by Crippen LogP contribution is -2.32. The zero-order valence-electron chi connectivity index (χ0n) is 11.5. The number of phenolic OH excluding ortho intramolecular Hbond substituents is 1. The fourth-order valence-electron chi connectivity index (χ4n) is 2.96. The van der Waals surface area contributed by atoms with Gasteiger partial charge in [-0.05, 0) is 63.7 Å². The first-order valence-electron chi connectivity index (χ1n) is 6.80. The van der Waals surface area contributed by atoms with Gasteiger partial charge in [-0.15, -0.1) is 0 Å². The summed E-state index contributed by atoms with van der Waals surface area (Å²) >= 11 is 5.97. The van der Waals surface area contributed by atoms with Gasteiger partial charge in [-0.1, -0.05) is 11.6 Å². The van der Waals surface area contributed by atoms with Crippen molar-refractivity contribution in [2.24, 2.45) is 5.92 Å². The molecule has 0 saturated heterocycles. The molecule has 106 valence electrons. The fourth-order valence-corrected chi connectivity index (χ4v) is 3.14. The van der Waals surface area contributed by atoms with Crippen LogP contribution in [0.4, 0.5) is 4.39 Å². The molecule has 4 heteroatoms. The van der Waals surface area contributed by atoms with E-state index >= 15 is 0 Å². The highest BCUT2D eigenvalue weighted by molar-refractivity contribution is 6.31. The van der Waals surface area contributed by atoms with Crippen molar-refractivity contribution in [1.82, 2.24) is 4.90 Å². The molecular formula is C15H21ClFNO. The molecule has 0 bridgehead atoms. The summed E-state index contributed by atoms with van der Waals surface area (Å²) in [5.74, 6) is -0.0348. The van der Waals surface area contributed by atoms with Crippen molar-refractivity contribution < 1.29 is 9.50 Å². The summed E-state index contributed by atoms with van der Waals surface area (Å²) in [6.07, 6.45) is 5.38. The standard InChI is InChI=1S/C15H21ClFNO/c1-18(2)12-5-3-10(4-6-12)7-11-8-13(19)9-14(17)15(11)16/h8-10,12,19H,3-7H2,1-2H3. The van der Waals surface area contributed by atoms with Crippen molar-refractivity contribution in [3.05, 3.63) is 28.5 Å². The minimum Gasteiger partial charge on any atom is -0.508 e. The Morgan fingerprint density at radius 3 is 2.47 bits per heavy atom. The van der Waals surface area contributed by atoms with E-state index in [9.17, 15) is 9.50 Å². The molecule has 1 aliphatic rings. The SMILES string of the molecule is CN(C)C1CCC(Cc2cc(O)cc(F)c2Cl)CC1. The topological polar surface area (TPSA) is 23.5 Å². The molecule has 1 saturated carbocycles. The highest BCUT2D eigenvalue weighted by Crippen LogP contribution is 2.33. The zero-order chi connectivity index (χ0) is 14.0. The molecule has 19 heavy (non-hydrogen) atoms. The third kappa shape index (κ3) is 3.61. The third-order valence-electron chi connectivity index (χ3n) is 4.14. The first-order chi connectivity index (χ1) is 8.97. The molecule has 1 aromatic carbocycles. The smallest absolute Gasteiger partial charge is 0.145 e. The Morgan fingerprint density at radius 2 is 1.89 bits per heavy atom. The molecule has 1 aliphatic carbocycles. The number of aromatic hydroxyl groups is 1. The van der Waals surface area contributed by atoms with E-state index in [1.165, 1.54) is 12.8 Å². The Labute approximate surface area is 119 Å². The van der Waals surface area contributed by atoms with Gasteiger partial charge >= 0.3 is 0 Å². The monoisotopic (exact) mass is 285 g/mol. The molecule has 0 heterocycles. The van der Waals surface area contributed by atoms with Crippen LogP contribution in [0.25, 0.3) is 0 Å². The fraction of sp³-hybridized carbons (Fsp3) is 0.600. The molecule has 0 radical (unpaired) electrons. The van der Waals surface area contributed by atoms with Gasteiger partial charge in [0.1, 0.15) is 11.6 Å². The van der Waals surface area contributed by atoms with E-state index in [4.69, 9.17) is 11.6 Å². The number of halogens is 2. The van der Waals surface area contributed by atoms with Crippen LogP contribution in [0.15, 0.2) is 12.1 Å². The van der Waals surface area contributed by atoms with Crippen LogP contribution in [0.5, 0.6) is 5.75 Å².